The van der Waals surface area contributed by atoms with Crippen LogP contribution in [-0.2, 0) is 6.42 Å². The molecule has 0 aromatic heterocycles. The summed E-state index contributed by atoms with van der Waals surface area (Å²) in [5.41, 5.74) is 1.13. The van der Waals surface area contributed by atoms with E-state index in [1.54, 1.807) is 0 Å². The fraction of sp³-hybridized carbons (Fsp3) is 0.429. The highest BCUT2D eigenvalue weighted by Gasteiger charge is 2.14. The maximum atomic E-state index is 6.00. The molecule has 5 nitrogen and oxygen atoms in total. The van der Waals surface area contributed by atoms with Gasteiger partial charge in [0.25, 0.3) is 0 Å². The van der Waals surface area contributed by atoms with E-state index in [0.717, 1.165) is 30.4 Å². The van der Waals surface area contributed by atoms with Gasteiger partial charge in [-0.3, -0.25) is 5.32 Å². The van der Waals surface area contributed by atoms with Crippen molar-refractivity contribution in [3.63, 3.8) is 0 Å². The molecule has 1 aromatic carbocycles. The molecule has 1 unspecified atom stereocenters. The first-order chi connectivity index (χ1) is 9.95. The maximum absolute atomic E-state index is 6.00. The predicted octanol–water partition coefficient (Wildman–Crippen LogP) is 2.35. The van der Waals surface area contributed by atoms with Crippen molar-refractivity contribution in [2.75, 3.05) is 20.6 Å². The number of guanidine groups is 2. The average Bonchev–Trinajstić information content (AvgIpc) is 2.42. The van der Waals surface area contributed by atoms with E-state index in [4.69, 9.17) is 23.2 Å². The van der Waals surface area contributed by atoms with E-state index >= 15 is 0 Å². The lowest BCUT2D eigenvalue weighted by atomic mass is 10.1. The highest BCUT2D eigenvalue weighted by Crippen LogP contribution is 2.22. The maximum Gasteiger partial charge on any atom is 0.202 e. The van der Waals surface area contributed by atoms with Gasteiger partial charge in [0, 0.05) is 20.6 Å². The minimum absolute atomic E-state index is 0.0869. The second kappa shape index (κ2) is 7.00. The lowest BCUT2D eigenvalue weighted by Crippen LogP contribution is -2.49. The Labute approximate surface area is 135 Å². The molecule has 2 rings (SSSR count). The quantitative estimate of drug-likeness (QED) is 0.896. The molecule has 0 saturated heterocycles. The van der Waals surface area contributed by atoms with Crippen LogP contribution in [-0.4, -0.2) is 43.6 Å². The van der Waals surface area contributed by atoms with E-state index in [1.807, 2.05) is 44.1 Å². The zero-order chi connectivity index (χ0) is 15.4. The van der Waals surface area contributed by atoms with Crippen LogP contribution in [0.1, 0.15) is 12.5 Å². The minimum Gasteiger partial charge on any atom is -0.356 e. The summed E-state index contributed by atoms with van der Waals surface area (Å²) in [4.78, 5) is 10.7. The van der Waals surface area contributed by atoms with Crippen LogP contribution in [0.25, 0.3) is 0 Å². The molecule has 114 valence electrons. The van der Waals surface area contributed by atoms with Gasteiger partial charge in [-0.05, 0) is 31.0 Å². The standard InChI is InChI=1S/C14H19Cl2N5/c1-9-18-13(20-14(19-9)21(2)3)17-7-6-10-4-5-11(15)12(16)8-10/h4-5,8-9H,6-7H2,1-3H3,(H2,17,18,19,20). The van der Waals surface area contributed by atoms with Gasteiger partial charge in [-0.1, -0.05) is 29.3 Å². The monoisotopic (exact) mass is 327 g/mol. The van der Waals surface area contributed by atoms with Crippen LogP contribution in [0.5, 0.6) is 0 Å². The van der Waals surface area contributed by atoms with Crippen molar-refractivity contribution >= 4 is 35.1 Å². The molecular weight excluding hydrogens is 309 g/mol. The Kier molecular flexibility index (Phi) is 5.31. The van der Waals surface area contributed by atoms with E-state index in [1.165, 1.54) is 0 Å². The summed E-state index contributed by atoms with van der Waals surface area (Å²) in [5, 5.41) is 7.59. The van der Waals surface area contributed by atoms with E-state index in [9.17, 15) is 0 Å². The first-order valence-corrected chi connectivity index (χ1v) is 7.49. The first-order valence-electron chi connectivity index (χ1n) is 6.73. The second-order valence-corrected chi connectivity index (χ2v) is 5.82. The number of rotatable bonds is 3. The number of benzene rings is 1. The summed E-state index contributed by atoms with van der Waals surface area (Å²) >= 11 is 11.9. The van der Waals surface area contributed by atoms with E-state index in [-0.39, 0.29) is 6.17 Å². The zero-order valence-corrected chi connectivity index (χ0v) is 13.8. The number of hydrogen-bond donors (Lipinski definition) is 2. The van der Waals surface area contributed by atoms with Gasteiger partial charge in [0.15, 0.2) is 5.96 Å². The molecule has 0 spiro atoms. The number of halogens is 2. The van der Waals surface area contributed by atoms with Crippen LogP contribution in [0.2, 0.25) is 10.0 Å². The summed E-state index contributed by atoms with van der Waals surface area (Å²) in [5.74, 6) is 1.54. The molecule has 1 aliphatic heterocycles. The molecule has 21 heavy (non-hydrogen) atoms. The number of aliphatic imine (C=N–C) groups is 2. The van der Waals surface area contributed by atoms with Crippen molar-refractivity contribution in [3.8, 4) is 0 Å². The van der Waals surface area contributed by atoms with Gasteiger partial charge in [0.2, 0.25) is 5.96 Å². The number of nitrogens with one attached hydrogen (secondary N) is 2. The normalized spacial score (nSPS) is 17.7. The molecule has 1 heterocycles. The molecule has 0 radical (unpaired) electrons. The molecule has 1 aromatic rings. The van der Waals surface area contributed by atoms with Crippen molar-refractivity contribution in [2.45, 2.75) is 19.5 Å². The van der Waals surface area contributed by atoms with Gasteiger partial charge in [0.1, 0.15) is 6.17 Å². The molecule has 0 aliphatic carbocycles. The number of hydrogen-bond acceptors (Lipinski definition) is 5. The summed E-state index contributed by atoms with van der Waals surface area (Å²) in [6.45, 7) is 2.70. The molecule has 1 aliphatic rings. The Balaban J connectivity index is 1.87. The van der Waals surface area contributed by atoms with Crippen LogP contribution in [0.4, 0.5) is 0 Å². The van der Waals surface area contributed by atoms with E-state index < -0.39 is 0 Å². The molecule has 2 N–H and O–H groups in total. The molecule has 0 fully saturated rings. The van der Waals surface area contributed by atoms with Crippen molar-refractivity contribution in [3.05, 3.63) is 33.8 Å². The Bertz CT molecular complexity index is 568. The van der Waals surface area contributed by atoms with Crippen LogP contribution in [0.15, 0.2) is 28.2 Å². The van der Waals surface area contributed by atoms with Crippen LogP contribution < -0.4 is 10.6 Å². The van der Waals surface area contributed by atoms with Crippen molar-refractivity contribution in [1.82, 2.24) is 15.5 Å². The number of nitrogens with zero attached hydrogens (tertiary/aromatic N) is 3. The molecule has 0 amide bonds. The SMILES string of the molecule is CC1N=C(NCCc2ccc(Cl)c(Cl)c2)NC(N(C)C)=N1. The van der Waals surface area contributed by atoms with Crippen molar-refractivity contribution < 1.29 is 0 Å². The van der Waals surface area contributed by atoms with Gasteiger partial charge in [-0.25, -0.2) is 9.98 Å². The second-order valence-electron chi connectivity index (χ2n) is 5.01. The smallest absolute Gasteiger partial charge is 0.202 e. The minimum atomic E-state index is -0.0869. The van der Waals surface area contributed by atoms with E-state index in [0.29, 0.717) is 10.0 Å². The lowest BCUT2D eigenvalue weighted by molar-refractivity contribution is 0.578. The Hall–Kier alpha value is -1.46. The Morgan fingerprint density at radius 1 is 1.24 bits per heavy atom. The summed E-state index contributed by atoms with van der Waals surface area (Å²) < 4.78 is 0. The Morgan fingerprint density at radius 2 is 2.00 bits per heavy atom. The zero-order valence-electron chi connectivity index (χ0n) is 12.3. The highest BCUT2D eigenvalue weighted by molar-refractivity contribution is 6.42. The fourth-order valence-electron chi connectivity index (χ4n) is 1.90. The van der Waals surface area contributed by atoms with Gasteiger partial charge in [0.05, 0.1) is 10.0 Å². The lowest BCUT2D eigenvalue weighted by Gasteiger charge is -2.24. The van der Waals surface area contributed by atoms with Crippen molar-refractivity contribution in [2.24, 2.45) is 9.98 Å². The molecular formula is C14H19Cl2N5. The summed E-state index contributed by atoms with van der Waals surface area (Å²) in [7, 11) is 3.88. The van der Waals surface area contributed by atoms with Crippen molar-refractivity contribution in [1.29, 1.82) is 0 Å². The first kappa shape index (κ1) is 15.9. The van der Waals surface area contributed by atoms with Gasteiger partial charge in [-0.2, -0.15) is 0 Å². The molecule has 0 saturated carbocycles. The van der Waals surface area contributed by atoms with E-state index in [2.05, 4.69) is 20.6 Å². The molecule has 7 heteroatoms. The molecule has 1 atom stereocenters. The van der Waals surface area contributed by atoms with Gasteiger partial charge < -0.3 is 10.2 Å². The third-order valence-corrected chi connectivity index (χ3v) is 3.71. The third kappa shape index (κ3) is 4.51. The Morgan fingerprint density at radius 3 is 2.67 bits per heavy atom. The summed E-state index contributed by atoms with van der Waals surface area (Å²) in [6.07, 6.45) is 0.747. The van der Waals surface area contributed by atoms with Crippen LogP contribution >= 0.6 is 23.2 Å². The van der Waals surface area contributed by atoms with Crippen LogP contribution in [0.3, 0.4) is 0 Å². The van der Waals surface area contributed by atoms with Gasteiger partial charge >= 0.3 is 0 Å². The fourth-order valence-corrected chi connectivity index (χ4v) is 2.22. The topological polar surface area (TPSA) is 52.0 Å². The van der Waals surface area contributed by atoms with Crippen LogP contribution in [0, 0.1) is 0 Å². The highest BCUT2D eigenvalue weighted by atomic mass is 35.5. The van der Waals surface area contributed by atoms with Gasteiger partial charge in [-0.15, -0.1) is 0 Å². The summed E-state index contributed by atoms with van der Waals surface area (Å²) in [6, 6.07) is 5.67. The third-order valence-electron chi connectivity index (χ3n) is 2.97. The average molecular weight is 328 g/mol. The molecule has 0 bridgehead atoms. The predicted molar refractivity (Wildman–Crippen MR) is 89.3 cm³/mol. The largest absolute Gasteiger partial charge is 0.356 e.